The zero-order valence-corrected chi connectivity index (χ0v) is 16.0. The molecular weight excluding hydrogens is 324 g/mol. The maximum absolute atomic E-state index is 12.3. The standard InChI is InChI=1S/C21H28N4O/c1-4-17-10-11-18(12-22-17)24-19-13-23-21(25(3)14-19)20(15(2)26)16-8-6-5-7-9-16/h10-14,16,24H,4-9H2,1-3H3/b21-20+. The highest BCUT2D eigenvalue weighted by molar-refractivity contribution is 5.95. The first-order valence-corrected chi connectivity index (χ1v) is 9.54. The van der Waals surface area contributed by atoms with E-state index < -0.39 is 0 Å². The summed E-state index contributed by atoms with van der Waals surface area (Å²) in [4.78, 5) is 23.3. The van der Waals surface area contributed by atoms with Crippen LogP contribution in [-0.4, -0.2) is 28.9 Å². The number of anilines is 1. The zero-order valence-electron chi connectivity index (χ0n) is 16.0. The number of nitrogens with zero attached hydrogens (tertiary/aromatic N) is 3. The summed E-state index contributed by atoms with van der Waals surface area (Å²) in [5.74, 6) is 1.26. The van der Waals surface area contributed by atoms with Crippen molar-refractivity contribution in [1.82, 2.24) is 9.88 Å². The minimum absolute atomic E-state index is 0.139. The van der Waals surface area contributed by atoms with Crippen molar-refractivity contribution in [2.24, 2.45) is 10.9 Å². The number of pyridine rings is 1. The van der Waals surface area contributed by atoms with Gasteiger partial charge in [-0.3, -0.25) is 9.78 Å². The van der Waals surface area contributed by atoms with Crippen molar-refractivity contribution in [3.8, 4) is 0 Å². The number of ketones is 1. The summed E-state index contributed by atoms with van der Waals surface area (Å²) in [6.45, 7) is 3.76. The van der Waals surface area contributed by atoms with Crippen LogP contribution in [0.25, 0.3) is 0 Å². The van der Waals surface area contributed by atoms with Crippen molar-refractivity contribution >= 4 is 17.7 Å². The highest BCUT2D eigenvalue weighted by Crippen LogP contribution is 2.33. The average Bonchev–Trinajstić information content (AvgIpc) is 2.65. The lowest BCUT2D eigenvalue weighted by molar-refractivity contribution is -0.114. The Balaban J connectivity index is 1.78. The minimum Gasteiger partial charge on any atom is -0.352 e. The molecule has 2 aliphatic rings. The van der Waals surface area contributed by atoms with Gasteiger partial charge in [-0.25, -0.2) is 4.99 Å². The SMILES string of the molecule is CCc1ccc(NC2=CN(C)/C(=C(\C(C)=O)C3CCCCC3)N=C2)cn1. The molecule has 0 amide bonds. The van der Waals surface area contributed by atoms with Crippen molar-refractivity contribution in [2.75, 3.05) is 12.4 Å². The number of rotatable bonds is 5. The van der Waals surface area contributed by atoms with Crippen molar-refractivity contribution in [2.45, 2.75) is 52.4 Å². The van der Waals surface area contributed by atoms with E-state index >= 15 is 0 Å². The number of aliphatic imine (C=N–C) groups is 1. The Kier molecular flexibility index (Phi) is 5.86. The number of allylic oxidation sites excluding steroid dienone is 2. The Bertz CT molecular complexity index is 740. The fourth-order valence-corrected chi connectivity index (χ4v) is 3.74. The topological polar surface area (TPSA) is 57.6 Å². The van der Waals surface area contributed by atoms with Gasteiger partial charge in [0, 0.05) is 24.5 Å². The van der Waals surface area contributed by atoms with E-state index in [1.165, 1.54) is 19.3 Å². The maximum Gasteiger partial charge on any atom is 0.159 e. The maximum atomic E-state index is 12.3. The smallest absolute Gasteiger partial charge is 0.159 e. The molecule has 1 aliphatic heterocycles. The van der Waals surface area contributed by atoms with Gasteiger partial charge in [0.05, 0.1) is 23.8 Å². The van der Waals surface area contributed by atoms with Gasteiger partial charge < -0.3 is 10.2 Å². The number of aryl methyl sites for hydroxylation is 1. The van der Waals surface area contributed by atoms with Crippen LogP contribution in [0.2, 0.25) is 0 Å². The summed E-state index contributed by atoms with van der Waals surface area (Å²) < 4.78 is 0. The van der Waals surface area contributed by atoms with Gasteiger partial charge in [0.1, 0.15) is 5.82 Å². The lowest BCUT2D eigenvalue weighted by Crippen LogP contribution is -2.25. The van der Waals surface area contributed by atoms with Crippen LogP contribution in [0.15, 0.2) is 46.6 Å². The lowest BCUT2D eigenvalue weighted by Gasteiger charge is -2.29. The number of carbonyl (C=O) groups is 1. The van der Waals surface area contributed by atoms with Crippen molar-refractivity contribution in [3.05, 3.63) is 47.3 Å². The molecule has 0 saturated heterocycles. The Morgan fingerprint density at radius 1 is 1.27 bits per heavy atom. The molecule has 2 heterocycles. The van der Waals surface area contributed by atoms with Gasteiger partial charge in [0.2, 0.25) is 0 Å². The van der Waals surface area contributed by atoms with E-state index in [-0.39, 0.29) is 5.78 Å². The second kappa shape index (κ2) is 8.30. The molecule has 1 fully saturated rings. The van der Waals surface area contributed by atoms with Gasteiger partial charge in [0.15, 0.2) is 5.78 Å². The number of hydrogen-bond acceptors (Lipinski definition) is 5. The fraction of sp³-hybridized carbons (Fsp3) is 0.476. The van der Waals surface area contributed by atoms with Crippen molar-refractivity contribution < 1.29 is 4.79 Å². The van der Waals surface area contributed by atoms with Gasteiger partial charge in [-0.2, -0.15) is 0 Å². The molecule has 5 heteroatoms. The minimum atomic E-state index is 0.139. The van der Waals surface area contributed by atoms with E-state index in [4.69, 9.17) is 0 Å². The first kappa shape index (κ1) is 18.4. The molecule has 0 bridgehead atoms. The largest absolute Gasteiger partial charge is 0.352 e. The predicted molar refractivity (Wildman–Crippen MR) is 106 cm³/mol. The third-order valence-electron chi connectivity index (χ3n) is 5.10. The molecule has 1 N–H and O–H groups in total. The number of nitrogens with one attached hydrogen (secondary N) is 1. The molecule has 1 aliphatic carbocycles. The van der Waals surface area contributed by atoms with Gasteiger partial charge >= 0.3 is 0 Å². The molecule has 0 spiro atoms. The van der Waals surface area contributed by atoms with Crippen LogP contribution in [0.1, 0.15) is 51.6 Å². The van der Waals surface area contributed by atoms with Gasteiger partial charge in [-0.15, -0.1) is 0 Å². The molecule has 0 aromatic carbocycles. The fourth-order valence-electron chi connectivity index (χ4n) is 3.74. The van der Waals surface area contributed by atoms with E-state index in [0.29, 0.717) is 5.92 Å². The molecule has 1 saturated carbocycles. The Morgan fingerprint density at radius 3 is 2.62 bits per heavy atom. The normalized spacial score (nSPS) is 20.0. The monoisotopic (exact) mass is 352 g/mol. The van der Waals surface area contributed by atoms with Crippen LogP contribution in [0.4, 0.5) is 5.69 Å². The summed E-state index contributed by atoms with van der Waals surface area (Å²) in [6.07, 6.45) is 12.4. The summed E-state index contributed by atoms with van der Waals surface area (Å²) in [5, 5.41) is 3.33. The Morgan fingerprint density at radius 2 is 2.04 bits per heavy atom. The third-order valence-corrected chi connectivity index (χ3v) is 5.10. The number of aromatic nitrogens is 1. The summed E-state index contributed by atoms with van der Waals surface area (Å²) in [7, 11) is 1.96. The van der Waals surface area contributed by atoms with Gasteiger partial charge in [-0.05, 0) is 44.2 Å². The summed E-state index contributed by atoms with van der Waals surface area (Å²) >= 11 is 0. The molecule has 3 rings (SSSR count). The van der Waals surface area contributed by atoms with Gasteiger partial charge in [-0.1, -0.05) is 26.2 Å². The van der Waals surface area contributed by atoms with E-state index in [0.717, 1.165) is 47.7 Å². The molecule has 1 aromatic rings. The first-order valence-electron chi connectivity index (χ1n) is 9.54. The van der Waals surface area contributed by atoms with Crippen LogP contribution in [0.5, 0.6) is 0 Å². The highest BCUT2D eigenvalue weighted by atomic mass is 16.1. The number of carbonyl (C=O) groups excluding carboxylic acids is 1. The molecule has 0 atom stereocenters. The van der Waals surface area contributed by atoms with Crippen LogP contribution in [0.3, 0.4) is 0 Å². The van der Waals surface area contributed by atoms with E-state index in [1.54, 1.807) is 13.1 Å². The van der Waals surface area contributed by atoms with E-state index in [1.807, 2.05) is 36.5 Å². The molecule has 0 unspecified atom stereocenters. The van der Waals surface area contributed by atoms with E-state index in [2.05, 4.69) is 22.2 Å². The Hall–Kier alpha value is -2.43. The molecule has 1 aromatic heterocycles. The highest BCUT2D eigenvalue weighted by Gasteiger charge is 2.26. The molecule has 26 heavy (non-hydrogen) atoms. The van der Waals surface area contributed by atoms with Crippen molar-refractivity contribution in [1.29, 1.82) is 0 Å². The van der Waals surface area contributed by atoms with Crippen LogP contribution < -0.4 is 5.32 Å². The quantitative estimate of drug-likeness (QED) is 0.803. The van der Waals surface area contributed by atoms with Crippen LogP contribution in [0, 0.1) is 5.92 Å². The number of hydrogen-bond donors (Lipinski definition) is 1. The molecule has 138 valence electrons. The Labute approximate surface area is 155 Å². The average molecular weight is 352 g/mol. The second-order valence-electron chi connectivity index (χ2n) is 7.10. The molecular formula is C21H28N4O. The second-order valence-corrected chi connectivity index (χ2v) is 7.10. The number of Topliss-reactive ketones (excluding diaryl/α,β-unsaturated/α-hetero) is 1. The summed E-state index contributed by atoms with van der Waals surface area (Å²) in [6, 6.07) is 4.05. The van der Waals surface area contributed by atoms with Crippen LogP contribution in [-0.2, 0) is 11.2 Å². The molecule has 0 radical (unpaired) electrons. The summed E-state index contributed by atoms with van der Waals surface area (Å²) in [5.41, 5.74) is 3.77. The van der Waals surface area contributed by atoms with Crippen molar-refractivity contribution in [3.63, 3.8) is 0 Å². The van der Waals surface area contributed by atoms with Gasteiger partial charge in [0.25, 0.3) is 0 Å². The van der Waals surface area contributed by atoms with Crippen LogP contribution >= 0.6 is 0 Å². The third kappa shape index (κ3) is 4.21. The zero-order chi connectivity index (χ0) is 18.5. The molecule has 5 nitrogen and oxygen atoms in total. The van der Waals surface area contributed by atoms with E-state index in [9.17, 15) is 4.79 Å². The first-order chi connectivity index (χ1) is 12.6. The predicted octanol–water partition coefficient (Wildman–Crippen LogP) is 4.29. The lowest BCUT2D eigenvalue weighted by atomic mass is 9.82.